The first-order valence-corrected chi connectivity index (χ1v) is 6.58. The van der Waals surface area contributed by atoms with Gasteiger partial charge in [0.2, 0.25) is 0 Å². The Morgan fingerprint density at radius 2 is 1.67 bits per heavy atom. The van der Waals surface area contributed by atoms with Crippen LogP contribution < -0.4 is 5.56 Å². The summed E-state index contributed by atoms with van der Waals surface area (Å²) >= 11 is 0. The normalized spacial score (nSPS) is 10.7. The van der Waals surface area contributed by atoms with Gasteiger partial charge in [-0.15, -0.1) is 0 Å². The number of aromatic nitrogens is 1. The number of pyridine rings is 1. The lowest BCUT2D eigenvalue weighted by Crippen LogP contribution is -2.19. The molecule has 3 aromatic rings. The van der Waals surface area contributed by atoms with Crippen molar-refractivity contribution in [2.24, 2.45) is 0 Å². The number of aliphatic carboxylic acids is 1. The van der Waals surface area contributed by atoms with E-state index in [0.717, 1.165) is 11.1 Å². The number of nitrogens with zero attached hydrogens (tertiary/aromatic N) is 1. The van der Waals surface area contributed by atoms with E-state index in [4.69, 9.17) is 5.11 Å². The minimum absolute atomic E-state index is 0.161. The summed E-state index contributed by atoms with van der Waals surface area (Å²) in [7, 11) is 0. The van der Waals surface area contributed by atoms with Crippen LogP contribution in [0, 0.1) is 0 Å². The fourth-order valence-corrected chi connectivity index (χ4v) is 2.50. The topological polar surface area (TPSA) is 59.3 Å². The molecule has 1 aromatic heterocycles. The first kappa shape index (κ1) is 13.1. The molecule has 0 unspecified atom stereocenters. The zero-order chi connectivity index (χ0) is 14.8. The van der Waals surface area contributed by atoms with Crippen molar-refractivity contribution < 1.29 is 9.90 Å². The average Bonchev–Trinajstić information content (AvgIpc) is 2.48. The van der Waals surface area contributed by atoms with Gasteiger partial charge in [-0.25, -0.2) is 0 Å². The molecule has 4 nitrogen and oxygen atoms in total. The van der Waals surface area contributed by atoms with Crippen LogP contribution in [0.15, 0.2) is 65.5 Å². The molecule has 0 amide bonds. The lowest BCUT2D eigenvalue weighted by Gasteiger charge is -2.12. The maximum absolute atomic E-state index is 12.4. The third-order valence-corrected chi connectivity index (χ3v) is 3.37. The van der Waals surface area contributed by atoms with Gasteiger partial charge in [0.25, 0.3) is 5.56 Å². The number of carbonyl (C=O) groups is 1. The van der Waals surface area contributed by atoms with E-state index < -0.39 is 5.97 Å². The van der Waals surface area contributed by atoms with Crippen LogP contribution in [0.2, 0.25) is 0 Å². The van der Waals surface area contributed by atoms with Gasteiger partial charge in [-0.3, -0.25) is 14.2 Å². The van der Waals surface area contributed by atoms with Gasteiger partial charge in [-0.2, -0.15) is 0 Å². The third kappa shape index (κ3) is 2.43. The predicted molar refractivity (Wildman–Crippen MR) is 80.9 cm³/mol. The van der Waals surface area contributed by atoms with E-state index in [1.165, 1.54) is 6.07 Å². The van der Waals surface area contributed by atoms with Crippen LogP contribution in [0.5, 0.6) is 0 Å². The Morgan fingerprint density at radius 3 is 2.38 bits per heavy atom. The Kier molecular flexibility index (Phi) is 3.28. The fourth-order valence-electron chi connectivity index (χ4n) is 2.50. The van der Waals surface area contributed by atoms with E-state index >= 15 is 0 Å². The van der Waals surface area contributed by atoms with E-state index in [1.54, 1.807) is 4.57 Å². The minimum Gasteiger partial charge on any atom is -0.481 e. The van der Waals surface area contributed by atoms with Crippen LogP contribution in [0.3, 0.4) is 0 Å². The molecule has 2 aromatic carbocycles. The van der Waals surface area contributed by atoms with Crippen molar-refractivity contribution in [3.63, 3.8) is 0 Å². The number of fused-ring (bicyclic) bond motifs is 1. The minimum atomic E-state index is -0.947. The van der Waals surface area contributed by atoms with E-state index in [1.807, 2.05) is 54.6 Å². The second-order valence-electron chi connectivity index (χ2n) is 4.77. The highest BCUT2D eigenvalue weighted by molar-refractivity contribution is 5.87. The molecule has 3 rings (SSSR count). The van der Waals surface area contributed by atoms with Crippen molar-refractivity contribution in [3.8, 4) is 5.69 Å². The molecule has 0 saturated heterocycles. The monoisotopic (exact) mass is 279 g/mol. The second kappa shape index (κ2) is 5.25. The fraction of sp³-hybridized carbons (Fsp3) is 0.0588. The summed E-state index contributed by atoms with van der Waals surface area (Å²) in [4.78, 5) is 23.4. The number of benzene rings is 2. The zero-order valence-electron chi connectivity index (χ0n) is 11.2. The average molecular weight is 279 g/mol. The van der Waals surface area contributed by atoms with Crippen LogP contribution in [-0.4, -0.2) is 15.6 Å². The van der Waals surface area contributed by atoms with Gasteiger partial charge in [0.15, 0.2) is 0 Å². The molecule has 0 spiro atoms. The summed E-state index contributed by atoms with van der Waals surface area (Å²) in [5, 5.41) is 9.78. The molecule has 0 bridgehead atoms. The number of rotatable bonds is 3. The molecule has 4 heteroatoms. The van der Waals surface area contributed by atoms with Crippen molar-refractivity contribution in [2.75, 3.05) is 0 Å². The highest BCUT2D eigenvalue weighted by atomic mass is 16.4. The lowest BCUT2D eigenvalue weighted by atomic mass is 10.1. The van der Waals surface area contributed by atoms with Crippen molar-refractivity contribution in [3.05, 3.63) is 76.6 Å². The van der Waals surface area contributed by atoms with Gasteiger partial charge in [-0.05, 0) is 23.8 Å². The molecule has 0 radical (unpaired) electrons. The standard InChI is InChI=1S/C17H13NO3/c19-16-10-12(11-17(20)21)14-8-4-5-9-15(14)18(16)13-6-2-1-3-7-13/h1-10H,11H2,(H,20,21). The summed E-state index contributed by atoms with van der Waals surface area (Å²) in [6.45, 7) is 0. The van der Waals surface area contributed by atoms with Crippen LogP contribution in [-0.2, 0) is 11.2 Å². The summed E-state index contributed by atoms with van der Waals surface area (Å²) in [6, 6.07) is 18.1. The molecule has 21 heavy (non-hydrogen) atoms. The molecule has 1 heterocycles. The van der Waals surface area contributed by atoms with E-state index in [9.17, 15) is 9.59 Å². The Balaban J connectivity index is 2.35. The summed E-state index contributed by atoms with van der Waals surface area (Å²) < 4.78 is 1.60. The molecule has 0 atom stereocenters. The highest BCUT2D eigenvalue weighted by Gasteiger charge is 2.11. The molecule has 0 fully saturated rings. The van der Waals surface area contributed by atoms with Crippen LogP contribution in [0.25, 0.3) is 16.6 Å². The van der Waals surface area contributed by atoms with E-state index in [2.05, 4.69) is 0 Å². The Morgan fingerprint density at radius 1 is 1.00 bits per heavy atom. The van der Waals surface area contributed by atoms with Gasteiger partial charge in [0.1, 0.15) is 0 Å². The van der Waals surface area contributed by atoms with Crippen LogP contribution >= 0.6 is 0 Å². The quantitative estimate of drug-likeness (QED) is 0.801. The second-order valence-corrected chi connectivity index (χ2v) is 4.77. The molecule has 1 N–H and O–H groups in total. The maximum atomic E-state index is 12.4. The molecular weight excluding hydrogens is 266 g/mol. The number of carboxylic acid groups (broad SMARTS) is 1. The Labute approximate surface area is 120 Å². The van der Waals surface area contributed by atoms with Gasteiger partial charge in [0.05, 0.1) is 11.9 Å². The Hall–Kier alpha value is -2.88. The maximum Gasteiger partial charge on any atom is 0.307 e. The largest absolute Gasteiger partial charge is 0.481 e. The van der Waals surface area contributed by atoms with Gasteiger partial charge >= 0.3 is 5.97 Å². The SMILES string of the molecule is O=C(O)Cc1cc(=O)n(-c2ccccc2)c2ccccc12. The van der Waals surface area contributed by atoms with E-state index in [0.29, 0.717) is 11.1 Å². The summed E-state index contributed by atoms with van der Waals surface area (Å²) in [6.07, 6.45) is -0.161. The molecule has 0 aliphatic carbocycles. The number of hydrogen-bond acceptors (Lipinski definition) is 2. The third-order valence-electron chi connectivity index (χ3n) is 3.37. The lowest BCUT2D eigenvalue weighted by molar-refractivity contribution is -0.136. The van der Waals surface area contributed by atoms with Gasteiger partial charge in [-0.1, -0.05) is 36.4 Å². The van der Waals surface area contributed by atoms with Gasteiger partial charge in [0, 0.05) is 17.1 Å². The van der Waals surface area contributed by atoms with Crippen molar-refractivity contribution in [1.29, 1.82) is 0 Å². The first-order valence-electron chi connectivity index (χ1n) is 6.58. The summed E-state index contributed by atoms with van der Waals surface area (Å²) in [5.74, 6) is -0.947. The van der Waals surface area contributed by atoms with Crippen LogP contribution in [0.4, 0.5) is 0 Å². The van der Waals surface area contributed by atoms with Crippen molar-refractivity contribution in [1.82, 2.24) is 4.57 Å². The number of hydrogen-bond donors (Lipinski definition) is 1. The highest BCUT2D eigenvalue weighted by Crippen LogP contribution is 2.20. The molecular formula is C17H13NO3. The smallest absolute Gasteiger partial charge is 0.307 e. The predicted octanol–water partition coefficient (Wildman–Crippen LogP) is 2.62. The molecule has 0 aliphatic rings. The number of para-hydroxylation sites is 2. The van der Waals surface area contributed by atoms with Crippen molar-refractivity contribution >= 4 is 16.9 Å². The number of carboxylic acids is 1. The first-order chi connectivity index (χ1) is 10.2. The Bertz CT molecular complexity index is 866. The van der Waals surface area contributed by atoms with E-state index in [-0.39, 0.29) is 12.0 Å². The molecule has 0 saturated carbocycles. The zero-order valence-corrected chi connectivity index (χ0v) is 11.2. The van der Waals surface area contributed by atoms with Crippen molar-refractivity contribution in [2.45, 2.75) is 6.42 Å². The molecule has 0 aliphatic heterocycles. The summed E-state index contributed by atoms with van der Waals surface area (Å²) in [5.41, 5.74) is 1.79. The molecule has 104 valence electrons. The van der Waals surface area contributed by atoms with Crippen LogP contribution in [0.1, 0.15) is 5.56 Å². The van der Waals surface area contributed by atoms with Gasteiger partial charge < -0.3 is 5.11 Å².